The van der Waals surface area contributed by atoms with Crippen molar-refractivity contribution in [1.29, 1.82) is 0 Å². The Balaban J connectivity index is 1.88. The number of hydrogen-bond donors (Lipinski definition) is 0. The number of aryl methyl sites for hydroxylation is 3. The minimum absolute atomic E-state index is 0.0266. The largest absolute Gasteiger partial charge is 0.307 e. The van der Waals surface area contributed by atoms with E-state index >= 15 is 0 Å². The predicted molar refractivity (Wildman–Crippen MR) is 106 cm³/mol. The Labute approximate surface area is 157 Å². The summed E-state index contributed by atoms with van der Waals surface area (Å²) < 4.78 is 1.75. The van der Waals surface area contributed by atoms with Gasteiger partial charge in [0.2, 0.25) is 0 Å². The van der Waals surface area contributed by atoms with Gasteiger partial charge in [-0.05, 0) is 38.5 Å². The molecule has 1 atom stereocenters. The highest BCUT2D eigenvalue weighted by molar-refractivity contribution is 8.00. The molecule has 4 rings (SSSR count). The smallest absolute Gasteiger partial charge is 0.259 e. The van der Waals surface area contributed by atoms with Crippen molar-refractivity contribution < 1.29 is 4.79 Å². The Kier molecular flexibility index (Phi) is 4.23. The molecule has 0 saturated heterocycles. The molecule has 1 aromatic carbocycles. The SMILES string of the molecule is Cc1cc(C(=O)N2CC[C@@H](C)Sc3ccccc32)c2c(C)nn(C)c2n1. The van der Waals surface area contributed by atoms with Crippen LogP contribution in [0.1, 0.15) is 35.1 Å². The van der Waals surface area contributed by atoms with E-state index in [1.165, 1.54) is 0 Å². The van der Waals surface area contributed by atoms with Gasteiger partial charge in [-0.1, -0.05) is 19.1 Å². The number of hydrogen-bond acceptors (Lipinski definition) is 4. The van der Waals surface area contributed by atoms with Crippen LogP contribution in [-0.2, 0) is 7.05 Å². The Morgan fingerprint density at radius 1 is 1.27 bits per heavy atom. The van der Waals surface area contributed by atoms with Crippen molar-refractivity contribution in [2.45, 2.75) is 37.3 Å². The Morgan fingerprint density at radius 2 is 2.04 bits per heavy atom. The lowest BCUT2D eigenvalue weighted by Gasteiger charge is -2.23. The zero-order valence-electron chi connectivity index (χ0n) is 15.5. The summed E-state index contributed by atoms with van der Waals surface area (Å²) in [5, 5.41) is 5.81. The Bertz CT molecular complexity index is 1010. The van der Waals surface area contributed by atoms with E-state index in [9.17, 15) is 4.79 Å². The van der Waals surface area contributed by atoms with Crippen molar-refractivity contribution in [2.75, 3.05) is 11.4 Å². The molecule has 0 spiro atoms. The molecule has 1 aliphatic rings. The Morgan fingerprint density at radius 3 is 2.85 bits per heavy atom. The molecule has 0 radical (unpaired) electrons. The zero-order valence-corrected chi connectivity index (χ0v) is 16.3. The molecule has 0 fully saturated rings. The van der Waals surface area contributed by atoms with Crippen LogP contribution < -0.4 is 4.90 Å². The van der Waals surface area contributed by atoms with Gasteiger partial charge >= 0.3 is 0 Å². The molecule has 26 heavy (non-hydrogen) atoms. The second kappa shape index (κ2) is 6.43. The molecule has 0 aliphatic carbocycles. The minimum atomic E-state index is 0.0266. The summed E-state index contributed by atoms with van der Waals surface area (Å²) in [5.41, 5.74) is 4.11. The minimum Gasteiger partial charge on any atom is -0.307 e. The van der Waals surface area contributed by atoms with Crippen molar-refractivity contribution in [3.05, 3.63) is 47.3 Å². The van der Waals surface area contributed by atoms with Crippen LogP contribution in [0, 0.1) is 13.8 Å². The van der Waals surface area contributed by atoms with Crippen molar-refractivity contribution in [3.8, 4) is 0 Å². The number of pyridine rings is 1. The van der Waals surface area contributed by atoms with Crippen LogP contribution in [-0.4, -0.2) is 32.5 Å². The van der Waals surface area contributed by atoms with Gasteiger partial charge in [0, 0.05) is 29.4 Å². The Hall–Kier alpha value is -2.34. The van der Waals surface area contributed by atoms with Gasteiger partial charge in [-0.3, -0.25) is 9.48 Å². The van der Waals surface area contributed by atoms with Gasteiger partial charge in [0.25, 0.3) is 5.91 Å². The maximum atomic E-state index is 13.6. The molecule has 2 aromatic heterocycles. The van der Waals surface area contributed by atoms with Crippen molar-refractivity contribution in [1.82, 2.24) is 14.8 Å². The second-order valence-corrected chi connectivity index (χ2v) is 8.34. The summed E-state index contributed by atoms with van der Waals surface area (Å²) in [6.07, 6.45) is 0.963. The van der Waals surface area contributed by atoms with E-state index in [2.05, 4.69) is 23.1 Å². The van der Waals surface area contributed by atoms with Gasteiger partial charge in [0.1, 0.15) is 0 Å². The summed E-state index contributed by atoms with van der Waals surface area (Å²) >= 11 is 1.84. The second-order valence-electron chi connectivity index (χ2n) is 6.86. The monoisotopic (exact) mass is 366 g/mol. The van der Waals surface area contributed by atoms with Crippen molar-refractivity contribution >= 4 is 34.4 Å². The number of fused-ring (bicyclic) bond motifs is 2. The highest BCUT2D eigenvalue weighted by Gasteiger charge is 2.27. The van der Waals surface area contributed by atoms with E-state index in [0.717, 1.165) is 39.4 Å². The predicted octanol–water partition coefficient (Wildman–Crippen LogP) is 4.12. The number of nitrogens with zero attached hydrogens (tertiary/aromatic N) is 4. The summed E-state index contributed by atoms with van der Waals surface area (Å²) in [6, 6.07) is 10.1. The first-order valence-corrected chi connectivity index (χ1v) is 9.72. The lowest BCUT2D eigenvalue weighted by molar-refractivity contribution is 0.0988. The molecule has 1 aliphatic heterocycles. The van der Waals surface area contributed by atoms with Gasteiger partial charge in [-0.25, -0.2) is 4.98 Å². The summed E-state index contributed by atoms with van der Waals surface area (Å²) in [4.78, 5) is 21.3. The highest BCUT2D eigenvalue weighted by Crippen LogP contribution is 2.38. The number of carbonyl (C=O) groups excluding carboxylic acids is 1. The van der Waals surface area contributed by atoms with Crippen LogP contribution in [0.25, 0.3) is 11.0 Å². The third-order valence-electron chi connectivity index (χ3n) is 4.82. The zero-order chi connectivity index (χ0) is 18.4. The molecule has 0 bridgehead atoms. The van der Waals surface area contributed by atoms with Crippen LogP contribution in [0.5, 0.6) is 0 Å². The number of amides is 1. The number of aromatic nitrogens is 3. The maximum absolute atomic E-state index is 13.6. The van der Waals surface area contributed by atoms with E-state index in [4.69, 9.17) is 0 Å². The molecule has 3 heterocycles. The summed E-state index contributed by atoms with van der Waals surface area (Å²) in [7, 11) is 1.87. The molecular formula is C20H22N4OS. The van der Waals surface area contributed by atoms with Crippen molar-refractivity contribution in [3.63, 3.8) is 0 Å². The molecule has 0 saturated carbocycles. The van der Waals surface area contributed by atoms with Crippen LogP contribution in [0.3, 0.4) is 0 Å². The van der Waals surface area contributed by atoms with Gasteiger partial charge in [-0.2, -0.15) is 5.10 Å². The van der Waals surface area contributed by atoms with Gasteiger partial charge in [0.15, 0.2) is 5.65 Å². The highest BCUT2D eigenvalue weighted by atomic mass is 32.2. The number of thioether (sulfide) groups is 1. The fourth-order valence-corrected chi connectivity index (χ4v) is 4.69. The average molecular weight is 366 g/mol. The number of anilines is 1. The molecular weight excluding hydrogens is 344 g/mol. The fraction of sp³-hybridized carbons (Fsp3) is 0.350. The molecule has 134 valence electrons. The molecule has 0 unspecified atom stereocenters. The van der Waals surface area contributed by atoms with Crippen LogP contribution in [0.15, 0.2) is 35.2 Å². The molecule has 5 nitrogen and oxygen atoms in total. The first-order chi connectivity index (χ1) is 12.5. The number of carbonyl (C=O) groups is 1. The average Bonchev–Trinajstić information content (AvgIpc) is 2.78. The normalized spacial score (nSPS) is 17.2. The molecule has 1 amide bonds. The van der Waals surface area contributed by atoms with Gasteiger partial charge in [-0.15, -0.1) is 11.8 Å². The number of benzene rings is 1. The third kappa shape index (κ3) is 2.78. The van der Waals surface area contributed by atoms with Crippen molar-refractivity contribution in [2.24, 2.45) is 7.05 Å². The lowest BCUT2D eigenvalue weighted by Crippen LogP contribution is -2.32. The molecule has 6 heteroatoms. The van der Waals surface area contributed by atoms with Crippen LogP contribution in [0.4, 0.5) is 5.69 Å². The van der Waals surface area contributed by atoms with Gasteiger partial charge < -0.3 is 4.90 Å². The third-order valence-corrected chi connectivity index (χ3v) is 6.05. The first kappa shape index (κ1) is 17.1. The first-order valence-electron chi connectivity index (χ1n) is 8.84. The number of para-hydroxylation sites is 1. The van der Waals surface area contributed by atoms with E-state index in [0.29, 0.717) is 17.4 Å². The fourth-order valence-electron chi connectivity index (χ4n) is 3.58. The van der Waals surface area contributed by atoms with E-state index in [-0.39, 0.29) is 5.91 Å². The quantitative estimate of drug-likeness (QED) is 0.650. The van der Waals surface area contributed by atoms with E-state index in [1.807, 2.05) is 61.8 Å². The summed E-state index contributed by atoms with van der Waals surface area (Å²) in [5.74, 6) is 0.0266. The number of rotatable bonds is 1. The molecule has 0 N–H and O–H groups in total. The van der Waals surface area contributed by atoms with Gasteiger partial charge in [0.05, 0.1) is 22.3 Å². The topological polar surface area (TPSA) is 51.0 Å². The summed E-state index contributed by atoms with van der Waals surface area (Å²) in [6.45, 7) is 6.79. The van der Waals surface area contributed by atoms with Crippen LogP contribution in [0.2, 0.25) is 0 Å². The van der Waals surface area contributed by atoms with Crippen LogP contribution >= 0.6 is 11.8 Å². The van der Waals surface area contributed by atoms with E-state index in [1.54, 1.807) is 4.68 Å². The molecule has 3 aromatic rings. The lowest BCUT2D eigenvalue weighted by atomic mass is 10.1. The standard InChI is InChI=1S/C20H22N4OS/c1-12-11-15(18-14(3)22-23(4)19(18)21-12)20(25)24-10-9-13(2)26-17-8-6-5-7-16(17)24/h5-8,11,13H,9-10H2,1-4H3/t13-/m1/s1. The van der Waals surface area contributed by atoms with E-state index < -0.39 is 0 Å². The maximum Gasteiger partial charge on any atom is 0.259 e.